The molecule has 6 heteroatoms. The van der Waals surface area contributed by atoms with Crippen molar-refractivity contribution in [1.29, 1.82) is 0 Å². The molecule has 1 amide bonds. The predicted octanol–water partition coefficient (Wildman–Crippen LogP) is 0.931. The molecule has 1 N–H and O–H groups in total. The molecule has 0 spiro atoms. The van der Waals surface area contributed by atoms with Crippen LogP contribution in [0.1, 0.15) is 42.2 Å². The number of hydrogen-bond donors (Lipinski definition) is 1. The summed E-state index contributed by atoms with van der Waals surface area (Å²) in [5.41, 5.74) is 0.479. The first kappa shape index (κ1) is 13.2. The molecule has 6 nitrogen and oxygen atoms in total. The lowest BCUT2D eigenvalue weighted by Crippen LogP contribution is -2.43. The molecule has 114 valence electrons. The first-order valence-electron chi connectivity index (χ1n) is 8.08. The number of carbonyl (C=O) groups is 1. The topological polar surface area (TPSA) is 63.1 Å². The molecule has 3 aliphatic rings. The van der Waals surface area contributed by atoms with Gasteiger partial charge in [-0.3, -0.25) is 4.79 Å². The Kier molecular flexibility index (Phi) is 3.21. The lowest BCUT2D eigenvalue weighted by atomic mass is 9.88. The molecule has 2 heterocycles. The van der Waals surface area contributed by atoms with Crippen LogP contribution in [0.5, 0.6) is 0 Å². The zero-order chi connectivity index (χ0) is 14.4. The SMILES string of the molecule is CN(CC1CC2CCC1C2)C(=O)c1cn(C2CNC2)nn1. The minimum Gasteiger partial charge on any atom is -0.340 e. The largest absolute Gasteiger partial charge is 0.340 e. The van der Waals surface area contributed by atoms with E-state index in [1.165, 1.54) is 25.7 Å². The van der Waals surface area contributed by atoms with Crippen LogP contribution in [0.2, 0.25) is 0 Å². The number of hydrogen-bond acceptors (Lipinski definition) is 4. The van der Waals surface area contributed by atoms with Crippen LogP contribution in [0.25, 0.3) is 0 Å². The van der Waals surface area contributed by atoms with Gasteiger partial charge in [-0.2, -0.15) is 0 Å². The second-order valence-electron chi connectivity index (χ2n) is 7.02. The second kappa shape index (κ2) is 5.09. The van der Waals surface area contributed by atoms with Gasteiger partial charge in [-0.15, -0.1) is 5.10 Å². The fourth-order valence-electron chi connectivity index (χ4n) is 4.24. The van der Waals surface area contributed by atoms with Crippen LogP contribution >= 0.6 is 0 Å². The Morgan fingerprint density at radius 3 is 2.90 bits per heavy atom. The van der Waals surface area contributed by atoms with Gasteiger partial charge in [0.05, 0.1) is 12.2 Å². The highest BCUT2D eigenvalue weighted by molar-refractivity contribution is 5.91. The highest BCUT2D eigenvalue weighted by atomic mass is 16.2. The average Bonchev–Trinajstić information content (AvgIpc) is 3.11. The third kappa shape index (κ3) is 2.35. The van der Waals surface area contributed by atoms with Gasteiger partial charge < -0.3 is 10.2 Å². The molecule has 1 aromatic heterocycles. The van der Waals surface area contributed by atoms with Gasteiger partial charge >= 0.3 is 0 Å². The molecule has 2 saturated carbocycles. The van der Waals surface area contributed by atoms with Gasteiger partial charge in [0.1, 0.15) is 0 Å². The first-order valence-corrected chi connectivity index (χ1v) is 8.08. The molecule has 21 heavy (non-hydrogen) atoms. The van der Waals surface area contributed by atoms with Crippen LogP contribution in [0.4, 0.5) is 0 Å². The summed E-state index contributed by atoms with van der Waals surface area (Å²) in [5, 5.41) is 11.3. The quantitative estimate of drug-likeness (QED) is 0.895. The van der Waals surface area contributed by atoms with Crippen molar-refractivity contribution in [2.24, 2.45) is 17.8 Å². The maximum atomic E-state index is 12.5. The third-order valence-electron chi connectivity index (χ3n) is 5.60. The summed E-state index contributed by atoms with van der Waals surface area (Å²) in [5.74, 6) is 2.48. The van der Waals surface area contributed by atoms with Crippen molar-refractivity contribution >= 4 is 5.91 Å². The van der Waals surface area contributed by atoms with Gasteiger partial charge in [-0.1, -0.05) is 11.6 Å². The molecule has 1 aliphatic heterocycles. The van der Waals surface area contributed by atoms with E-state index in [9.17, 15) is 4.79 Å². The fraction of sp³-hybridized carbons (Fsp3) is 0.800. The van der Waals surface area contributed by atoms with Crippen molar-refractivity contribution in [3.05, 3.63) is 11.9 Å². The van der Waals surface area contributed by atoms with Crippen molar-refractivity contribution in [3.8, 4) is 0 Å². The number of rotatable bonds is 4. The highest BCUT2D eigenvalue weighted by Gasteiger charge is 2.40. The van der Waals surface area contributed by atoms with Crippen LogP contribution in [-0.2, 0) is 0 Å². The van der Waals surface area contributed by atoms with E-state index in [0.717, 1.165) is 31.5 Å². The molecule has 3 fully saturated rings. The highest BCUT2D eigenvalue weighted by Crippen LogP contribution is 2.48. The van der Waals surface area contributed by atoms with E-state index in [1.54, 1.807) is 6.20 Å². The molecule has 2 aliphatic carbocycles. The van der Waals surface area contributed by atoms with Crippen LogP contribution < -0.4 is 5.32 Å². The van der Waals surface area contributed by atoms with Gasteiger partial charge in [0.2, 0.25) is 0 Å². The summed E-state index contributed by atoms with van der Waals surface area (Å²) in [6.45, 7) is 2.70. The van der Waals surface area contributed by atoms with Crippen LogP contribution in [-0.4, -0.2) is 52.5 Å². The molecule has 0 radical (unpaired) electrons. The van der Waals surface area contributed by atoms with Gasteiger partial charge in [0, 0.05) is 26.7 Å². The van der Waals surface area contributed by atoms with E-state index in [4.69, 9.17) is 0 Å². The van der Waals surface area contributed by atoms with Gasteiger partial charge in [0.25, 0.3) is 5.91 Å². The Bertz CT molecular complexity index is 538. The monoisotopic (exact) mass is 289 g/mol. The minimum atomic E-state index is 0.0105. The predicted molar refractivity (Wildman–Crippen MR) is 77.8 cm³/mol. The molecule has 2 bridgehead atoms. The van der Waals surface area contributed by atoms with Gasteiger partial charge in [-0.05, 0) is 37.0 Å². The van der Waals surface area contributed by atoms with Crippen molar-refractivity contribution in [3.63, 3.8) is 0 Å². The van der Waals surface area contributed by atoms with Crippen LogP contribution in [0, 0.1) is 17.8 Å². The summed E-state index contributed by atoms with van der Waals surface area (Å²) in [7, 11) is 1.90. The van der Waals surface area contributed by atoms with E-state index in [-0.39, 0.29) is 5.91 Å². The number of carbonyl (C=O) groups excluding carboxylic acids is 1. The van der Waals surface area contributed by atoms with Gasteiger partial charge in [-0.25, -0.2) is 4.68 Å². The van der Waals surface area contributed by atoms with E-state index in [1.807, 2.05) is 16.6 Å². The lowest BCUT2D eigenvalue weighted by Gasteiger charge is -2.27. The summed E-state index contributed by atoms with van der Waals surface area (Å²) >= 11 is 0. The third-order valence-corrected chi connectivity index (χ3v) is 5.60. The second-order valence-corrected chi connectivity index (χ2v) is 7.02. The van der Waals surface area contributed by atoms with Crippen molar-refractivity contribution < 1.29 is 4.79 Å². The number of nitrogens with one attached hydrogen (secondary N) is 1. The normalized spacial score (nSPS) is 31.4. The smallest absolute Gasteiger partial charge is 0.275 e. The van der Waals surface area contributed by atoms with E-state index in [0.29, 0.717) is 17.7 Å². The number of fused-ring (bicyclic) bond motifs is 2. The Morgan fingerprint density at radius 1 is 1.43 bits per heavy atom. The van der Waals surface area contributed by atoms with E-state index >= 15 is 0 Å². The molecule has 3 atom stereocenters. The van der Waals surface area contributed by atoms with Crippen molar-refractivity contribution in [1.82, 2.24) is 25.2 Å². The maximum absolute atomic E-state index is 12.5. The standard InChI is InChI=1S/C15H23N5O/c1-19(8-12-5-10-2-3-11(12)4-10)15(21)14-9-20(18-17-14)13-6-16-7-13/h9-13,16H,2-8H2,1H3. The summed E-state index contributed by atoms with van der Waals surface area (Å²) in [6.07, 6.45) is 7.26. The maximum Gasteiger partial charge on any atom is 0.275 e. The van der Waals surface area contributed by atoms with Crippen LogP contribution in [0.15, 0.2) is 6.20 Å². The Balaban J connectivity index is 1.38. The fourth-order valence-corrected chi connectivity index (χ4v) is 4.24. The zero-order valence-electron chi connectivity index (χ0n) is 12.5. The molecule has 1 aromatic rings. The van der Waals surface area contributed by atoms with E-state index in [2.05, 4.69) is 15.6 Å². The van der Waals surface area contributed by atoms with Crippen molar-refractivity contribution in [2.45, 2.75) is 31.7 Å². The first-order chi connectivity index (χ1) is 10.2. The number of nitrogens with zero attached hydrogens (tertiary/aromatic N) is 4. The van der Waals surface area contributed by atoms with E-state index < -0.39 is 0 Å². The molecular weight excluding hydrogens is 266 g/mol. The Labute approximate surface area is 124 Å². The minimum absolute atomic E-state index is 0.0105. The molecule has 4 rings (SSSR count). The van der Waals surface area contributed by atoms with Gasteiger partial charge in [0.15, 0.2) is 5.69 Å². The zero-order valence-corrected chi connectivity index (χ0v) is 12.5. The molecular formula is C15H23N5O. The lowest BCUT2D eigenvalue weighted by molar-refractivity contribution is 0.0748. The summed E-state index contributed by atoms with van der Waals surface area (Å²) < 4.78 is 1.81. The number of aromatic nitrogens is 3. The molecule has 0 aromatic carbocycles. The summed E-state index contributed by atoms with van der Waals surface area (Å²) in [4.78, 5) is 14.3. The Morgan fingerprint density at radius 2 is 2.29 bits per heavy atom. The molecule has 1 saturated heterocycles. The van der Waals surface area contributed by atoms with Crippen LogP contribution in [0.3, 0.4) is 0 Å². The molecule has 3 unspecified atom stereocenters. The number of amides is 1. The Hall–Kier alpha value is -1.43. The summed E-state index contributed by atoms with van der Waals surface area (Å²) in [6, 6.07) is 0.356. The van der Waals surface area contributed by atoms with Crippen molar-refractivity contribution in [2.75, 3.05) is 26.7 Å². The average molecular weight is 289 g/mol.